The first-order valence-electron chi connectivity index (χ1n) is 6.72. The molecular formula is C17H20N2O. The smallest absolute Gasteiger partial charge is 0.231 e. The van der Waals surface area contributed by atoms with Crippen LogP contribution in [0.4, 0.5) is 5.69 Å². The molecule has 0 saturated heterocycles. The van der Waals surface area contributed by atoms with E-state index < -0.39 is 0 Å². The second kappa shape index (κ2) is 6.35. The minimum atomic E-state index is 0.0696. The van der Waals surface area contributed by atoms with Gasteiger partial charge in [-0.25, -0.2) is 0 Å². The summed E-state index contributed by atoms with van der Waals surface area (Å²) in [4.78, 5) is 14.1. The Balaban J connectivity index is 2.19. The van der Waals surface area contributed by atoms with Gasteiger partial charge in [0.25, 0.3) is 0 Å². The number of benzene rings is 2. The van der Waals surface area contributed by atoms with Gasteiger partial charge in [0.1, 0.15) is 0 Å². The Morgan fingerprint density at radius 1 is 1.05 bits per heavy atom. The van der Waals surface area contributed by atoms with Gasteiger partial charge >= 0.3 is 0 Å². The molecule has 0 spiro atoms. The third kappa shape index (κ3) is 3.06. The maximum absolute atomic E-state index is 12.4. The molecular weight excluding hydrogens is 248 g/mol. The zero-order valence-electron chi connectivity index (χ0n) is 12.0. The van der Waals surface area contributed by atoms with Crippen molar-refractivity contribution in [2.24, 2.45) is 5.73 Å². The number of hydrogen-bond donors (Lipinski definition) is 1. The molecule has 0 aliphatic carbocycles. The highest BCUT2D eigenvalue weighted by Gasteiger charge is 2.14. The highest BCUT2D eigenvalue weighted by Crippen LogP contribution is 2.20. The van der Waals surface area contributed by atoms with Crippen LogP contribution in [0, 0.1) is 6.92 Å². The van der Waals surface area contributed by atoms with E-state index >= 15 is 0 Å². The van der Waals surface area contributed by atoms with Crippen molar-refractivity contribution in [1.29, 1.82) is 0 Å². The van der Waals surface area contributed by atoms with Crippen LogP contribution in [0.15, 0.2) is 48.5 Å². The van der Waals surface area contributed by atoms with Crippen molar-refractivity contribution < 1.29 is 4.79 Å². The first-order chi connectivity index (χ1) is 9.63. The van der Waals surface area contributed by atoms with Gasteiger partial charge in [0.05, 0.1) is 6.42 Å². The number of nitrogens with two attached hydrogens (primary N) is 1. The molecule has 104 valence electrons. The molecule has 0 radical (unpaired) electrons. The Morgan fingerprint density at radius 3 is 2.30 bits per heavy atom. The molecule has 0 aromatic heterocycles. The van der Waals surface area contributed by atoms with Gasteiger partial charge in [0.15, 0.2) is 0 Å². The molecule has 2 rings (SSSR count). The van der Waals surface area contributed by atoms with E-state index in [1.165, 1.54) is 0 Å². The van der Waals surface area contributed by atoms with Gasteiger partial charge in [-0.2, -0.15) is 0 Å². The van der Waals surface area contributed by atoms with Crippen molar-refractivity contribution in [2.45, 2.75) is 19.9 Å². The number of rotatable bonds is 4. The van der Waals surface area contributed by atoms with Crippen molar-refractivity contribution in [3.8, 4) is 0 Å². The summed E-state index contributed by atoms with van der Waals surface area (Å²) in [6.45, 7) is 2.45. The molecule has 1 amide bonds. The van der Waals surface area contributed by atoms with Crippen LogP contribution in [0.5, 0.6) is 0 Å². The topological polar surface area (TPSA) is 46.3 Å². The molecule has 0 aliphatic rings. The standard InChI is InChI=1S/C17H20N2O/c1-13-7-3-4-8-14(13)11-17(20)19(2)16-10-6-5-9-15(16)12-18/h3-10H,11-12,18H2,1-2H3. The number of anilines is 1. The van der Waals surface area contributed by atoms with Crippen LogP contribution in [0.2, 0.25) is 0 Å². The predicted octanol–water partition coefficient (Wildman–Crippen LogP) is 2.66. The molecule has 0 fully saturated rings. The fourth-order valence-electron chi connectivity index (χ4n) is 2.23. The molecule has 0 unspecified atom stereocenters. The summed E-state index contributed by atoms with van der Waals surface area (Å²) in [5.74, 6) is 0.0696. The lowest BCUT2D eigenvalue weighted by Crippen LogP contribution is -2.29. The number of carbonyl (C=O) groups is 1. The number of carbonyl (C=O) groups excluding carboxylic acids is 1. The van der Waals surface area contributed by atoms with E-state index in [1.54, 1.807) is 11.9 Å². The van der Waals surface area contributed by atoms with Crippen LogP contribution in [-0.2, 0) is 17.8 Å². The molecule has 2 aromatic carbocycles. The average Bonchev–Trinajstić information content (AvgIpc) is 2.48. The molecule has 0 atom stereocenters. The summed E-state index contributed by atoms with van der Waals surface area (Å²) in [7, 11) is 1.80. The molecule has 0 heterocycles. The van der Waals surface area contributed by atoms with E-state index in [9.17, 15) is 4.79 Å². The Hall–Kier alpha value is -2.13. The number of nitrogens with zero attached hydrogens (tertiary/aromatic N) is 1. The Kier molecular flexibility index (Phi) is 4.53. The number of likely N-dealkylation sites (N-methyl/N-ethyl adjacent to an activating group) is 1. The van der Waals surface area contributed by atoms with Gasteiger partial charge in [-0.1, -0.05) is 42.5 Å². The maximum atomic E-state index is 12.4. The van der Waals surface area contributed by atoms with Gasteiger partial charge < -0.3 is 10.6 Å². The molecule has 2 aromatic rings. The van der Waals surface area contributed by atoms with E-state index in [-0.39, 0.29) is 5.91 Å². The zero-order chi connectivity index (χ0) is 14.5. The summed E-state index contributed by atoms with van der Waals surface area (Å²) in [5, 5.41) is 0. The van der Waals surface area contributed by atoms with Crippen molar-refractivity contribution >= 4 is 11.6 Å². The lowest BCUT2D eigenvalue weighted by molar-refractivity contribution is -0.117. The third-order valence-electron chi connectivity index (χ3n) is 3.55. The third-order valence-corrected chi connectivity index (χ3v) is 3.55. The number of hydrogen-bond acceptors (Lipinski definition) is 2. The summed E-state index contributed by atoms with van der Waals surface area (Å²) in [5.41, 5.74) is 9.79. The quantitative estimate of drug-likeness (QED) is 0.926. The van der Waals surface area contributed by atoms with Crippen LogP contribution in [0.25, 0.3) is 0 Å². The highest BCUT2D eigenvalue weighted by atomic mass is 16.2. The first-order valence-corrected chi connectivity index (χ1v) is 6.72. The highest BCUT2D eigenvalue weighted by molar-refractivity contribution is 5.95. The van der Waals surface area contributed by atoms with E-state index in [4.69, 9.17) is 5.73 Å². The lowest BCUT2D eigenvalue weighted by Gasteiger charge is -2.20. The summed E-state index contributed by atoms with van der Waals surface area (Å²) < 4.78 is 0. The van der Waals surface area contributed by atoms with Gasteiger partial charge in [-0.3, -0.25) is 4.79 Å². The summed E-state index contributed by atoms with van der Waals surface area (Å²) in [6, 6.07) is 15.7. The Labute approximate surface area is 120 Å². The largest absolute Gasteiger partial charge is 0.326 e. The SMILES string of the molecule is Cc1ccccc1CC(=O)N(C)c1ccccc1CN. The minimum Gasteiger partial charge on any atom is -0.326 e. The normalized spacial score (nSPS) is 10.3. The van der Waals surface area contributed by atoms with Crippen molar-refractivity contribution in [2.75, 3.05) is 11.9 Å². The van der Waals surface area contributed by atoms with Crippen molar-refractivity contribution in [1.82, 2.24) is 0 Å². The Bertz CT molecular complexity index is 607. The number of para-hydroxylation sites is 1. The number of amides is 1. The Morgan fingerprint density at radius 2 is 1.65 bits per heavy atom. The minimum absolute atomic E-state index is 0.0696. The van der Waals surface area contributed by atoms with E-state index in [0.717, 1.165) is 22.4 Å². The fourth-order valence-corrected chi connectivity index (χ4v) is 2.23. The van der Waals surface area contributed by atoms with E-state index in [0.29, 0.717) is 13.0 Å². The molecule has 2 N–H and O–H groups in total. The van der Waals surface area contributed by atoms with Crippen LogP contribution in [-0.4, -0.2) is 13.0 Å². The zero-order valence-corrected chi connectivity index (χ0v) is 12.0. The molecule has 20 heavy (non-hydrogen) atoms. The molecule has 0 aliphatic heterocycles. The van der Waals surface area contributed by atoms with Gasteiger partial charge in [-0.05, 0) is 29.7 Å². The van der Waals surface area contributed by atoms with E-state index in [1.807, 2.05) is 55.5 Å². The lowest BCUT2D eigenvalue weighted by atomic mass is 10.0. The fraction of sp³-hybridized carbons (Fsp3) is 0.235. The van der Waals surface area contributed by atoms with Crippen LogP contribution in [0.1, 0.15) is 16.7 Å². The van der Waals surface area contributed by atoms with Gasteiger partial charge in [0, 0.05) is 19.3 Å². The van der Waals surface area contributed by atoms with Crippen LogP contribution >= 0.6 is 0 Å². The monoisotopic (exact) mass is 268 g/mol. The van der Waals surface area contributed by atoms with Crippen molar-refractivity contribution in [3.63, 3.8) is 0 Å². The molecule has 0 saturated carbocycles. The van der Waals surface area contributed by atoms with Crippen molar-refractivity contribution in [3.05, 3.63) is 65.2 Å². The average molecular weight is 268 g/mol. The summed E-state index contributed by atoms with van der Waals surface area (Å²) in [6.07, 6.45) is 0.405. The number of aryl methyl sites for hydroxylation is 1. The van der Waals surface area contributed by atoms with Crippen LogP contribution < -0.4 is 10.6 Å². The van der Waals surface area contributed by atoms with Crippen LogP contribution in [0.3, 0.4) is 0 Å². The molecule has 0 bridgehead atoms. The van der Waals surface area contributed by atoms with Gasteiger partial charge in [-0.15, -0.1) is 0 Å². The molecule has 3 heteroatoms. The van der Waals surface area contributed by atoms with Gasteiger partial charge in [0.2, 0.25) is 5.91 Å². The first kappa shape index (κ1) is 14.3. The second-order valence-corrected chi connectivity index (χ2v) is 4.89. The van der Waals surface area contributed by atoms with E-state index in [2.05, 4.69) is 0 Å². The molecule has 3 nitrogen and oxygen atoms in total. The predicted molar refractivity (Wildman–Crippen MR) is 82.6 cm³/mol. The second-order valence-electron chi connectivity index (χ2n) is 4.89. The summed E-state index contributed by atoms with van der Waals surface area (Å²) >= 11 is 0. The maximum Gasteiger partial charge on any atom is 0.231 e.